The number of aromatic nitrogens is 1. The second-order valence-electron chi connectivity index (χ2n) is 6.78. The Kier molecular flexibility index (Phi) is 4.66. The van der Waals surface area contributed by atoms with Gasteiger partial charge in [-0.2, -0.15) is 0 Å². The second-order valence-corrected chi connectivity index (χ2v) is 6.78. The van der Waals surface area contributed by atoms with Crippen molar-refractivity contribution in [2.45, 2.75) is 24.9 Å². The number of hydrogen-bond donors (Lipinski definition) is 0. The standard InChI is InChI=1S/C17H27N3O2/c1-19-8-6-14(11-21-2)9-17(19)12-20(13-17)10-15-5-4-7-18-16(15)22-3/h4-5,7,14H,6,8-13H2,1-3H3. The first-order chi connectivity index (χ1) is 10.7. The van der Waals surface area contributed by atoms with E-state index in [0.29, 0.717) is 11.5 Å². The molecule has 1 aromatic rings. The Morgan fingerprint density at radius 1 is 1.36 bits per heavy atom. The zero-order chi connectivity index (χ0) is 15.6. The van der Waals surface area contributed by atoms with Crippen LogP contribution in [0.1, 0.15) is 18.4 Å². The SMILES string of the molecule is COCC1CCN(C)C2(C1)CN(Cc1cccnc1OC)C2. The van der Waals surface area contributed by atoms with Crippen molar-refractivity contribution in [3.63, 3.8) is 0 Å². The average Bonchev–Trinajstić information content (AvgIpc) is 2.49. The van der Waals surface area contributed by atoms with Crippen LogP contribution in [0.2, 0.25) is 0 Å². The molecular weight excluding hydrogens is 278 g/mol. The van der Waals surface area contributed by atoms with Crippen LogP contribution in [0.15, 0.2) is 18.3 Å². The minimum absolute atomic E-state index is 0.344. The molecule has 122 valence electrons. The highest BCUT2D eigenvalue weighted by molar-refractivity contribution is 5.26. The van der Waals surface area contributed by atoms with E-state index < -0.39 is 0 Å². The first-order valence-electron chi connectivity index (χ1n) is 8.07. The Bertz CT molecular complexity index is 502. The van der Waals surface area contributed by atoms with E-state index in [1.165, 1.54) is 24.9 Å². The molecule has 0 aromatic carbocycles. The van der Waals surface area contributed by atoms with Gasteiger partial charge in [-0.05, 0) is 38.4 Å². The summed E-state index contributed by atoms with van der Waals surface area (Å²) >= 11 is 0. The summed E-state index contributed by atoms with van der Waals surface area (Å²) in [6, 6.07) is 4.09. The summed E-state index contributed by atoms with van der Waals surface area (Å²) < 4.78 is 10.7. The number of methoxy groups -OCH3 is 2. The number of pyridine rings is 1. The Labute approximate surface area is 133 Å². The summed E-state index contributed by atoms with van der Waals surface area (Å²) in [4.78, 5) is 9.33. The van der Waals surface area contributed by atoms with Gasteiger partial charge in [-0.25, -0.2) is 4.98 Å². The van der Waals surface area contributed by atoms with Crippen LogP contribution >= 0.6 is 0 Å². The van der Waals surface area contributed by atoms with Gasteiger partial charge in [-0.1, -0.05) is 6.07 Å². The molecule has 0 bridgehead atoms. The van der Waals surface area contributed by atoms with Crippen molar-refractivity contribution >= 4 is 0 Å². The number of nitrogens with zero attached hydrogens (tertiary/aromatic N) is 3. The van der Waals surface area contributed by atoms with Gasteiger partial charge in [0.05, 0.1) is 7.11 Å². The van der Waals surface area contributed by atoms with Crippen molar-refractivity contribution in [3.8, 4) is 5.88 Å². The summed E-state index contributed by atoms with van der Waals surface area (Å²) in [6.07, 6.45) is 4.28. The molecule has 0 N–H and O–H groups in total. The fourth-order valence-electron chi connectivity index (χ4n) is 4.02. The number of hydrogen-bond acceptors (Lipinski definition) is 5. The Hall–Kier alpha value is -1.17. The van der Waals surface area contributed by atoms with Crippen molar-refractivity contribution in [1.82, 2.24) is 14.8 Å². The van der Waals surface area contributed by atoms with Gasteiger partial charge in [0.2, 0.25) is 5.88 Å². The van der Waals surface area contributed by atoms with E-state index >= 15 is 0 Å². The van der Waals surface area contributed by atoms with E-state index in [4.69, 9.17) is 9.47 Å². The molecule has 2 saturated heterocycles. The van der Waals surface area contributed by atoms with Gasteiger partial charge in [-0.3, -0.25) is 9.80 Å². The van der Waals surface area contributed by atoms with Crippen LogP contribution in [0.3, 0.4) is 0 Å². The van der Waals surface area contributed by atoms with E-state index in [1.807, 2.05) is 13.2 Å². The van der Waals surface area contributed by atoms with E-state index in [-0.39, 0.29) is 0 Å². The second kappa shape index (κ2) is 6.52. The molecule has 0 saturated carbocycles. The van der Waals surface area contributed by atoms with Gasteiger partial charge in [0.25, 0.3) is 0 Å². The summed E-state index contributed by atoms with van der Waals surface area (Å²) in [5.41, 5.74) is 1.52. The Morgan fingerprint density at radius 3 is 2.91 bits per heavy atom. The third kappa shape index (κ3) is 2.98. The number of likely N-dealkylation sites (N-methyl/N-ethyl adjacent to an activating group) is 1. The first kappa shape index (κ1) is 15.7. The van der Waals surface area contributed by atoms with Crippen molar-refractivity contribution < 1.29 is 9.47 Å². The maximum absolute atomic E-state index is 5.37. The van der Waals surface area contributed by atoms with Crippen LogP contribution in [0, 0.1) is 5.92 Å². The number of likely N-dealkylation sites (tertiary alicyclic amines) is 2. The lowest BCUT2D eigenvalue weighted by molar-refractivity contribution is -0.0907. The van der Waals surface area contributed by atoms with Gasteiger partial charge >= 0.3 is 0 Å². The normalized spacial score (nSPS) is 25.1. The van der Waals surface area contributed by atoms with E-state index in [9.17, 15) is 0 Å². The molecule has 2 fully saturated rings. The zero-order valence-electron chi connectivity index (χ0n) is 13.9. The number of rotatable bonds is 5. The van der Waals surface area contributed by atoms with Crippen LogP contribution in [0.25, 0.3) is 0 Å². The first-order valence-corrected chi connectivity index (χ1v) is 8.07. The predicted molar refractivity (Wildman–Crippen MR) is 86.0 cm³/mol. The van der Waals surface area contributed by atoms with Crippen LogP contribution < -0.4 is 4.74 Å². The lowest BCUT2D eigenvalue weighted by atomic mass is 9.75. The molecule has 0 aliphatic carbocycles. The molecule has 1 unspecified atom stereocenters. The van der Waals surface area contributed by atoms with Gasteiger partial charge in [0, 0.05) is 50.7 Å². The van der Waals surface area contributed by atoms with E-state index in [2.05, 4.69) is 27.9 Å². The lowest BCUT2D eigenvalue weighted by Gasteiger charge is -2.58. The Morgan fingerprint density at radius 2 is 2.18 bits per heavy atom. The quantitative estimate of drug-likeness (QED) is 0.827. The maximum Gasteiger partial charge on any atom is 0.217 e. The molecule has 0 radical (unpaired) electrons. The zero-order valence-corrected chi connectivity index (χ0v) is 13.9. The fraction of sp³-hybridized carbons (Fsp3) is 0.706. The smallest absolute Gasteiger partial charge is 0.217 e. The molecule has 1 atom stereocenters. The molecule has 3 rings (SSSR count). The highest BCUT2D eigenvalue weighted by Crippen LogP contribution is 2.39. The summed E-state index contributed by atoms with van der Waals surface area (Å²) in [5.74, 6) is 1.45. The van der Waals surface area contributed by atoms with Gasteiger partial charge in [0.1, 0.15) is 0 Å². The highest BCUT2D eigenvalue weighted by Gasteiger charge is 2.49. The molecular formula is C17H27N3O2. The lowest BCUT2D eigenvalue weighted by Crippen LogP contribution is -2.71. The molecule has 3 heterocycles. The molecule has 5 nitrogen and oxygen atoms in total. The molecule has 2 aliphatic rings. The molecule has 1 spiro atoms. The topological polar surface area (TPSA) is 37.8 Å². The third-order valence-corrected chi connectivity index (χ3v) is 5.23. The molecule has 2 aliphatic heterocycles. The number of piperidine rings is 1. The number of ether oxygens (including phenoxy) is 2. The van der Waals surface area contributed by atoms with Gasteiger partial charge in [0.15, 0.2) is 0 Å². The average molecular weight is 305 g/mol. The monoisotopic (exact) mass is 305 g/mol. The highest BCUT2D eigenvalue weighted by atomic mass is 16.5. The van der Waals surface area contributed by atoms with E-state index in [0.717, 1.165) is 32.1 Å². The summed E-state index contributed by atoms with van der Waals surface area (Å²) in [5, 5.41) is 0. The van der Waals surface area contributed by atoms with Crippen molar-refractivity contribution in [2.75, 3.05) is 47.5 Å². The van der Waals surface area contributed by atoms with Crippen LogP contribution in [0.4, 0.5) is 0 Å². The molecule has 0 amide bonds. The predicted octanol–water partition coefficient (Wildman–Crippen LogP) is 1.63. The minimum atomic E-state index is 0.344. The van der Waals surface area contributed by atoms with Gasteiger partial charge < -0.3 is 9.47 Å². The molecule has 22 heavy (non-hydrogen) atoms. The van der Waals surface area contributed by atoms with Crippen LogP contribution in [0.5, 0.6) is 5.88 Å². The molecule has 1 aromatic heterocycles. The van der Waals surface area contributed by atoms with Crippen LogP contribution in [-0.2, 0) is 11.3 Å². The van der Waals surface area contributed by atoms with Crippen molar-refractivity contribution in [2.24, 2.45) is 5.92 Å². The third-order valence-electron chi connectivity index (χ3n) is 5.23. The largest absolute Gasteiger partial charge is 0.481 e. The maximum atomic E-state index is 5.37. The van der Waals surface area contributed by atoms with Crippen molar-refractivity contribution in [1.29, 1.82) is 0 Å². The molecule has 5 heteroatoms. The van der Waals surface area contributed by atoms with Crippen molar-refractivity contribution in [3.05, 3.63) is 23.9 Å². The fourth-order valence-corrected chi connectivity index (χ4v) is 4.02. The van der Waals surface area contributed by atoms with E-state index in [1.54, 1.807) is 13.3 Å². The summed E-state index contributed by atoms with van der Waals surface area (Å²) in [7, 11) is 5.77. The van der Waals surface area contributed by atoms with Gasteiger partial charge in [-0.15, -0.1) is 0 Å². The van der Waals surface area contributed by atoms with Crippen LogP contribution in [-0.4, -0.2) is 67.8 Å². The Balaban J connectivity index is 1.60. The minimum Gasteiger partial charge on any atom is -0.481 e. The summed E-state index contributed by atoms with van der Waals surface area (Å²) in [6.45, 7) is 5.25.